The van der Waals surface area contributed by atoms with Gasteiger partial charge in [-0.15, -0.1) is 0 Å². The molecule has 0 aromatic heterocycles. The zero-order valence-electron chi connectivity index (χ0n) is 12.4. The second-order valence-corrected chi connectivity index (χ2v) is 6.52. The van der Waals surface area contributed by atoms with E-state index in [9.17, 15) is 4.79 Å². The fourth-order valence-electron chi connectivity index (χ4n) is 3.03. The van der Waals surface area contributed by atoms with Crippen molar-refractivity contribution in [1.29, 1.82) is 0 Å². The molecule has 1 aliphatic carbocycles. The Bertz CT molecular complexity index is 352. The molecule has 0 radical (unpaired) electrons. The summed E-state index contributed by atoms with van der Waals surface area (Å²) >= 11 is 0. The van der Waals surface area contributed by atoms with E-state index in [1.165, 1.54) is 6.42 Å². The summed E-state index contributed by atoms with van der Waals surface area (Å²) in [7, 11) is 1.74. The van der Waals surface area contributed by atoms with Crippen molar-refractivity contribution in [1.82, 2.24) is 5.01 Å². The third-order valence-electron chi connectivity index (χ3n) is 4.60. The van der Waals surface area contributed by atoms with Crippen molar-refractivity contribution in [2.75, 3.05) is 20.3 Å². The molecule has 108 valence electrons. The van der Waals surface area contributed by atoms with Gasteiger partial charge in [-0.1, -0.05) is 13.8 Å². The molecular weight excluding hydrogens is 240 g/mol. The summed E-state index contributed by atoms with van der Waals surface area (Å²) in [5, 5.41) is 6.79. The summed E-state index contributed by atoms with van der Waals surface area (Å²) in [5.74, 6) is 0.656. The van der Waals surface area contributed by atoms with Crippen molar-refractivity contribution >= 4 is 12.0 Å². The van der Waals surface area contributed by atoms with E-state index in [0.717, 1.165) is 32.4 Å². The Morgan fingerprint density at radius 1 is 1.53 bits per heavy atom. The molecule has 0 N–H and O–H groups in total. The second-order valence-electron chi connectivity index (χ2n) is 6.52. The summed E-state index contributed by atoms with van der Waals surface area (Å²) < 4.78 is 5.24. The van der Waals surface area contributed by atoms with Gasteiger partial charge < -0.3 is 4.74 Å². The minimum absolute atomic E-state index is 0.188. The van der Waals surface area contributed by atoms with Crippen molar-refractivity contribution in [2.45, 2.75) is 52.0 Å². The van der Waals surface area contributed by atoms with Crippen molar-refractivity contribution in [3.8, 4) is 0 Å². The minimum Gasteiger partial charge on any atom is -0.382 e. The molecule has 1 saturated heterocycles. The van der Waals surface area contributed by atoms with E-state index in [-0.39, 0.29) is 11.3 Å². The lowest BCUT2D eigenvalue weighted by Gasteiger charge is -2.35. The monoisotopic (exact) mass is 266 g/mol. The van der Waals surface area contributed by atoms with E-state index >= 15 is 0 Å². The van der Waals surface area contributed by atoms with Crippen LogP contribution in [0.15, 0.2) is 5.10 Å². The van der Waals surface area contributed by atoms with E-state index < -0.39 is 0 Å². The number of carbonyl (C=O) groups is 1. The Labute approximate surface area is 116 Å². The number of nitrogens with zero attached hydrogens (tertiary/aromatic N) is 2. The van der Waals surface area contributed by atoms with Gasteiger partial charge in [0.1, 0.15) is 5.78 Å². The number of rotatable bonds is 4. The van der Waals surface area contributed by atoms with Gasteiger partial charge in [-0.25, -0.2) is 0 Å². The smallest absolute Gasteiger partial charge is 0.133 e. The standard InChI is InChI=1S/C15H26N2O2/c1-15(2)7-6-14(18)9-12(15)10-16-17-8-4-5-13(17)11-19-3/h10,12-13H,4-9,11H2,1-3H3/t12-,13+/m1/s1. The summed E-state index contributed by atoms with van der Waals surface area (Å²) in [5.41, 5.74) is 0.188. The Balaban J connectivity index is 1.98. The highest BCUT2D eigenvalue weighted by Gasteiger charge is 2.35. The minimum atomic E-state index is 0.188. The Kier molecular flexibility index (Phi) is 4.61. The van der Waals surface area contributed by atoms with Gasteiger partial charge in [0, 0.05) is 38.6 Å². The van der Waals surface area contributed by atoms with Gasteiger partial charge in [-0.2, -0.15) is 5.10 Å². The topological polar surface area (TPSA) is 41.9 Å². The molecule has 19 heavy (non-hydrogen) atoms. The van der Waals surface area contributed by atoms with E-state index in [4.69, 9.17) is 4.74 Å². The van der Waals surface area contributed by atoms with Crippen LogP contribution in [0.25, 0.3) is 0 Å². The fourth-order valence-corrected chi connectivity index (χ4v) is 3.03. The maximum absolute atomic E-state index is 11.6. The van der Waals surface area contributed by atoms with E-state index in [1.807, 2.05) is 6.21 Å². The molecule has 2 aliphatic rings. The van der Waals surface area contributed by atoms with Gasteiger partial charge in [0.25, 0.3) is 0 Å². The van der Waals surface area contributed by atoms with E-state index in [0.29, 0.717) is 18.2 Å². The Morgan fingerprint density at radius 3 is 3.05 bits per heavy atom. The molecule has 4 nitrogen and oxygen atoms in total. The van der Waals surface area contributed by atoms with E-state index in [2.05, 4.69) is 24.0 Å². The highest BCUT2D eigenvalue weighted by molar-refractivity contribution is 5.83. The van der Waals surface area contributed by atoms with Crippen molar-refractivity contribution in [2.24, 2.45) is 16.4 Å². The molecule has 2 fully saturated rings. The maximum Gasteiger partial charge on any atom is 0.133 e. The van der Waals surface area contributed by atoms with Crippen LogP contribution in [0.4, 0.5) is 0 Å². The zero-order chi connectivity index (χ0) is 13.9. The van der Waals surface area contributed by atoms with Crippen molar-refractivity contribution in [3.05, 3.63) is 0 Å². The first-order chi connectivity index (χ1) is 9.03. The van der Waals surface area contributed by atoms with Gasteiger partial charge >= 0.3 is 0 Å². The molecule has 2 atom stereocenters. The molecule has 0 aromatic carbocycles. The molecular formula is C15H26N2O2. The van der Waals surface area contributed by atoms with Crippen LogP contribution in [-0.4, -0.2) is 43.3 Å². The average molecular weight is 266 g/mol. The van der Waals surface area contributed by atoms with Gasteiger partial charge in [-0.05, 0) is 24.7 Å². The van der Waals surface area contributed by atoms with Crippen LogP contribution >= 0.6 is 0 Å². The molecule has 4 heteroatoms. The van der Waals surface area contributed by atoms with Gasteiger partial charge in [-0.3, -0.25) is 9.80 Å². The van der Waals surface area contributed by atoms with Crippen LogP contribution in [0, 0.1) is 11.3 Å². The molecule has 1 heterocycles. The number of carbonyl (C=O) groups excluding carboxylic acids is 1. The molecule has 2 rings (SSSR count). The summed E-state index contributed by atoms with van der Waals surface area (Å²) in [6, 6.07) is 0.406. The molecule has 1 aliphatic heterocycles. The molecule has 0 amide bonds. The average Bonchev–Trinajstić information content (AvgIpc) is 2.79. The first-order valence-electron chi connectivity index (χ1n) is 7.34. The Morgan fingerprint density at radius 2 is 2.32 bits per heavy atom. The molecule has 1 saturated carbocycles. The van der Waals surface area contributed by atoms with E-state index in [1.54, 1.807) is 7.11 Å². The predicted molar refractivity (Wildman–Crippen MR) is 76.2 cm³/mol. The number of Topliss-reactive ketones (excluding diaryl/α,β-unsaturated/α-hetero) is 1. The van der Waals surface area contributed by atoms with Gasteiger partial charge in [0.2, 0.25) is 0 Å². The first-order valence-corrected chi connectivity index (χ1v) is 7.34. The van der Waals surface area contributed by atoms with Crippen LogP contribution in [0.1, 0.15) is 46.0 Å². The number of ether oxygens (including phenoxy) is 1. The third kappa shape index (κ3) is 3.56. The zero-order valence-corrected chi connectivity index (χ0v) is 12.4. The predicted octanol–water partition coefficient (Wildman–Crippen LogP) is 2.48. The first kappa shape index (κ1) is 14.5. The second kappa shape index (κ2) is 6.04. The summed E-state index contributed by atoms with van der Waals surface area (Å²) in [6.07, 6.45) is 6.71. The normalized spacial score (nSPS) is 31.3. The largest absolute Gasteiger partial charge is 0.382 e. The van der Waals surface area contributed by atoms with Crippen LogP contribution in [0.3, 0.4) is 0 Å². The van der Waals surface area contributed by atoms with Crippen molar-refractivity contribution in [3.63, 3.8) is 0 Å². The van der Waals surface area contributed by atoms with Crippen LogP contribution < -0.4 is 0 Å². The van der Waals surface area contributed by atoms with Crippen LogP contribution in [0.2, 0.25) is 0 Å². The maximum atomic E-state index is 11.6. The third-order valence-corrected chi connectivity index (χ3v) is 4.60. The number of methoxy groups -OCH3 is 1. The SMILES string of the molecule is COC[C@@H]1CCCN1N=C[C@H]1CC(=O)CCC1(C)C. The summed E-state index contributed by atoms with van der Waals surface area (Å²) in [4.78, 5) is 11.6. The number of hydrogen-bond acceptors (Lipinski definition) is 4. The molecule has 0 aromatic rings. The lowest BCUT2D eigenvalue weighted by molar-refractivity contribution is -0.123. The summed E-state index contributed by atoms with van der Waals surface area (Å²) in [6.45, 7) is 6.23. The lowest BCUT2D eigenvalue weighted by atomic mass is 9.69. The Hall–Kier alpha value is -0.900. The molecule has 0 spiro atoms. The highest BCUT2D eigenvalue weighted by atomic mass is 16.5. The molecule has 0 bridgehead atoms. The highest BCUT2D eigenvalue weighted by Crippen LogP contribution is 2.38. The molecule has 0 unspecified atom stereocenters. The van der Waals surface area contributed by atoms with Gasteiger partial charge in [0.15, 0.2) is 0 Å². The van der Waals surface area contributed by atoms with Crippen molar-refractivity contribution < 1.29 is 9.53 Å². The number of hydrogen-bond donors (Lipinski definition) is 0. The number of hydrazone groups is 1. The lowest BCUT2D eigenvalue weighted by Crippen LogP contribution is -2.34. The van der Waals surface area contributed by atoms with Crippen LogP contribution in [0.5, 0.6) is 0 Å². The van der Waals surface area contributed by atoms with Crippen LogP contribution in [-0.2, 0) is 9.53 Å². The van der Waals surface area contributed by atoms with Gasteiger partial charge in [0.05, 0.1) is 12.6 Å². The fraction of sp³-hybridized carbons (Fsp3) is 0.867. The quantitative estimate of drug-likeness (QED) is 0.734. The number of ketones is 1.